The number of ether oxygens (including phenoxy) is 2. The summed E-state index contributed by atoms with van der Waals surface area (Å²) in [7, 11) is 5.23. The second-order valence-electron chi connectivity index (χ2n) is 11.0. The van der Waals surface area contributed by atoms with Gasteiger partial charge in [-0.15, -0.1) is 11.3 Å². The molecule has 4 atom stereocenters. The third kappa shape index (κ3) is 6.04. The van der Waals surface area contributed by atoms with E-state index in [1.807, 2.05) is 6.07 Å². The van der Waals surface area contributed by atoms with Crippen LogP contribution in [0.4, 0.5) is 5.69 Å². The standard InChI is InChI=1S/C29H36N6O5S/c1-16-5-7-22(35(14-16)29(38)26(37)32-18-12-20(25(30)36)27(40-4)31-13-18)17-6-8-24-21(11-17)33-28(41-24)19-9-10-34(2)15-23(19)39-3/h6,8,11-13,16,19,22-23H,5,7,9-10,14-15H2,1-4H3,(H2,30,36)(H,32,37)/t16-,19+,22+,23+/m0/s1. The fraction of sp³-hybridized carbons (Fsp3) is 0.483. The van der Waals surface area contributed by atoms with Crippen LogP contribution in [0.25, 0.3) is 10.2 Å². The highest BCUT2D eigenvalue weighted by atomic mass is 32.1. The molecule has 0 aliphatic carbocycles. The lowest BCUT2D eigenvalue weighted by molar-refractivity contribution is -0.146. The SMILES string of the molecule is COc1ncc(NC(=O)C(=O)N2C[C@@H](C)CC[C@@H]2c2ccc3sc([C@@H]4CCN(C)C[C@H]4OC)nc3c2)cc1C(N)=O. The molecule has 4 heterocycles. The van der Waals surface area contributed by atoms with E-state index in [4.69, 9.17) is 20.2 Å². The molecular formula is C29H36N6O5S. The molecule has 5 rings (SSSR count). The number of carbonyl (C=O) groups excluding carboxylic acids is 3. The van der Waals surface area contributed by atoms with Crippen LogP contribution in [0.3, 0.4) is 0 Å². The topological polar surface area (TPSA) is 140 Å². The molecule has 1 aromatic carbocycles. The van der Waals surface area contributed by atoms with Gasteiger partial charge in [0.05, 0.1) is 46.4 Å². The summed E-state index contributed by atoms with van der Waals surface area (Å²) >= 11 is 1.70. The van der Waals surface area contributed by atoms with E-state index in [1.165, 1.54) is 19.4 Å². The Morgan fingerprint density at radius 2 is 1.93 bits per heavy atom. The first-order valence-electron chi connectivity index (χ1n) is 13.8. The van der Waals surface area contributed by atoms with Gasteiger partial charge in [0.1, 0.15) is 5.56 Å². The van der Waals surface area contributed by atoms with E-state index < -0.39 is 17.7 Å². The second kappa shape index (κ2) is 12.1. The molecule has 0 saturated carbocycles. The van der Waals surface area contributed by atoms with Crippen LogP contribution in [0, 0.1) is 5.92 Å². The molecule has 41 heavy (non-hydrogen) atoms. The molecule has 2 aromatic heterocycles. The Kier molecular flexibility index (Phi) is 8.52. The van der Waals surface area contributed by atoms with E-state index in [9.17, 15) is 14.4 Å². The van der Waals surface area contributed by atoms with Crippen LogP contribution >= 0.6 is 11.3 Å². The fourth-order valence-corrected chi connectivity index (χ4v) is 6.95. The smallest absolute Gasteiger partial charge is 0.313 e. The zero-order valence-electron chi connectivity index (χ0n) is 23.8. The number of methoxy groups -OCH3 is 2. The molecule has 0 spiro atoms. The summed E-state index contributed by atoms with van der Waals surface area (Å²) in [4.78, 5) is 51.3. The van der Waals surface area contributed by atoms with E-state index in [0.29, 0.717) is 6.54 Å². The summed E-state index contributed by atoms with van der Waals surface area (Å²) < 4.78 is 11.9. The number of primary amides is 1. The van der Waals surface area contributed by atoms with Gasteiger partial charge >= 0.3 is 11.8 Å². The van der Waals surface area contributed by atoms with Crippen LogP contribution in [0.15, 0.2) is 30.5 Å². The molecule has 3 aromatic rings. The largest absolute Gasteiger partial charge is 0.480 e. The van der Waals surface area contributed by atoms with Crippen LogP contribution in [-0.4, -0.2) is 84.5 Å². The van der Waals surface area contributed by atoms with Gasteiger partial charge < -0.3 is 30.3 Å². The maximum atomic E-state index is 13.5. The van der Waals surface area contributed by atoms with E-state index in [-0.39, 0.29) is 41.1 Å². The maximum Gasteiger partial charge on any atom is 0.313 e. The van der Waals surface area contributed by atoms with Crippen molar-refractivity contribution in [2.75, 3.05) is 46.2 Å². The minimum absolute atomic E-state index is 0.00946. The number of hydrogen-bond donors (Lipinski definition) is 2. The number of amides is 3. The minimum Gasteiger partial charge on any atom is -0.480 e. The van der Waals surface area contributed by atoms with Gasteiger partial charge in [0, 0.05) is 26.1 Å². The number of hydrogen-bond acceptors (Lipinski definition) is 9. The zero-order valence-corrected chi connectivity index (χ0v) is 24.6. The molecule has 0 bridgehead atoms. The van der Waals surface area contributed by atoms with Crippen molar-refractivity contribution in [2.45, 2.75) is 44.2 Å². The van der Waals surface area contributed by atoms with Crippen molar-refractivity contribution in [3.63, 3.8) is 0 Å². The third-order valence-electron chi connectivity index (χ3n) is 8.04. The quantitative estimate of drug-likeness (QED) is 0.424. The fourth-order valence-electron chi connectivity index (χ4n) is 5.82. The number of pyridine rings is 1. The number of nitrogens with two attached hydrogens (primary N) is 1. The Morgan fingerprint density at radius 1 is 1.12 bits per heavy atom. The van der Waals surface area contributed by atoms with Gasteiger partial charge in [-0.2, -0.15) is 0 Å². The lowest BCUT2D eigenvalue weighted by Crippen LogP contribution is -2.46. The number of benzene rings is 1. The first kappa shape index (κ1) is 28.9. The Labute approximate surface area is 243 Å². The van der Waals surface area contributed by atoms with Crippen LogP contribution in [0.2, 0.25) is 0 Å². The van der Waals surface area contributed by atoms with Gasteiger partial charge in [0.25, 0.3) is 5.91 Å². The number of rotatable bonds is 6. The molecule has 3 N–H and O–H groups in total. The number of likely N-dealkylation sites (N-methyl/N-ethyl adjacent to an activating group) is 1. The highest BCUT2D eigenvalue weighted by molar-refractivity contribution is 7.18. The van der Waals surface area contributed by atoms with Crippen molar-refractivity contribution < 1.29 is 23.9 Å². The summed E-state index contributed by atoms with van der Waals surface area (Å²) in [6, 6.07) is 7.25. The molecule has 12 heteroatoms. The van der Waals surface area contributed by atoms with Gasteiger partial charge in [-0.25, -0.2) is 9.97 Å². The average molecular weight is 581 g/mol. The number of piperidine rings is 2. The molecule has 3 amide bonds. The van der Waals surface area contributed by atoms with Crippen LogP contribution in [0.1, 0.15) is 59.1 Å². The van der Waals surface area contributed by atoms with Crippen molar-refractivity contribution >= 4 is 45.0 Å². The predicted octanol–water partition coefficient (Wildman–Crippen LogP) is 3.17. The molecule has 2 aliphatic heterocycles. The minimum atomic E-state index is -0.809. The molecule has 2 saturated heterocycles. The summed E-state index contributed by atoms with van der Waals surface area (Å²) in [5.41, 5.74) is 7.45. The van der Waals surface area contributed by atoms with E-state index in [2.05, 4.69) is 41.3 Å². The highest BCUT2D eigenvalue weighted by Gasteiger charge is 2.35. The number of nitrogens with one attached hydrogen (secondary N) is 1. The van der Waals surface area contributed by atoms with Crippen molar-refractivity contribution in [1.82, 2.24) is 19.8 Å². The molecule has 218 valence electrons. The van der Waals surface area contributed by atoms with Crippen molar-refractivity contribution in [2.24, 2.45) is 11.7 Å². The predicted molar refractivity (Wildman–Crippen MR) is 156 cm³/mol. The van der Waals surface area contributed by atoms with Crippen molar-refractivity contribution in [3.8, 4) is 5.88 Å². The van der Waals surface area contributed by atoms with Gasteiger partial charge in [0.2, 0.25) is 5.88 Å². The van der Waals surface area contributed by atoms with E-state index in [1.54, 1.807) is 23.3 Å². The van der Waals surface area contributed by atoms with Gasteiger partial charge in [0.15, 0.2) is 0 Å². The number of thiazole rings is 1. The second-order valence-corrected chi connectivity index (χ2v) is 12.0. The number of nitrogens with zero attached hydrogens (tertiary/aromatic N) is 4. The summed E-state index contributed by atoms with van der Waals surface area (Å²) in [5.74, 6) is -1.67. The lowest BCUT2D eigenvalue weighted by atomic mass is 9.89. The Bertz CT molecular complexity index is 1460. The number of carbonyl (C=O) groups is 3. The molecule has 11 nitrogen and oxygen atoms in total. The maximum absolute atomic E-state index is 13.5. The van der Waals surface area contributed by atoms with Crippen LogP contribution in [-0.2, 0) is 14.3 Å². The number of fused-ring (bicyclic) bond motifs is 1. The first-order valence-corrected chi connectivity index (χ1v) is 14.6. The van der Waals surface area contributed by atoms with Gasteiger partial charge in [-0.1, -0.05) is 13.0 Å². The molecule has 2 aliphatic rings. The summed E-state index contributed by atoms with van der Waals surface area (Å²) in [5, 5.41) is 3.65. The number of anilines is 1. The van der Waals surface area contributed by atoms with Crippen molar-refractivity contribution in [3.05, 3.63) is 46.6 Å². The molecule has 2 fully saturated rings. The van der Waals surface area contributed by atoms with Gasteiger partial charge in [-0.3, -0.25) is 14.4 Å². The van der Waals surface area contributed by atoms with Crippen LogP contribution in [0.5, 0.6) is 5.88 Å². The first-order chi connectivity index (χ1) is 19.7. The normalized spacial score (nSPS) is 23.4. The Morgan fingerprint density at radius 3 is 2.66 bits per heavy atom. The zero-order chi connectivity index (χ0) is 29.3. The highest BCUT2D eigenvalue weighted by Crippen LogP contribution is 2.38. The Hall–Kier alpha value is -3.61. The summed E-state index contributed by atoms with van der Waals surface area (Å²) in [6.45, 7) is 4.40. The van der Waals surface area contributed by atoms with E-state index >= 15 is 0 Å². The lowest BCUT2D eigenvalue weighted by Gasteiger charge is -2.38. The third-order valence-corrected chi connectivity index (χ3v) is 9.20. The summed E-state index contributed by atoms with van der Waals surface area (Å²) in [6.07, 6.45) is 4.08. The Balaban J connectivity index is 1.37. The molecular weight excluding hydrogens is 544 g/mol. The van der Waals surface area contributed by atoms with E-state index in [0.717, 1.165) is 53.1 Å². The number of aromatic nitrogens is 2. The van der Waals surface area contributed by atoms with Gasteiger partial charge in [-0.05, 0) is 62.5 Å². The monoisotopic (exact) mass is 580 g/mol. The van der Waals surface area contributed by atoms with Crippen LogP contribution < -0.4 is 15.8 Å². The number of likely N-dealkylation sites (tertiary alicyclic amines) is 2. The average Bonchev–Trinajstić information content (AvgIpc) is 3.39. The molecule has 0 unspecified atom stereocenters. The molecule has 0 radical (unpaired) electrons. The van der Waals surface area contributed by atoms with Crippen molar-refractivity contribution in [1.29, 1.82) is 0 Å².